The standard InChI is InChI=1S/C8H17IO2/c1-3-10-7-11-6-4-5-8(2)9/h8H,3-7H2,1-2H3. The highest BCUT2D eigenvalue weighted by Crippen LogP contribution is 2.06. The molecule has 11 heavy (non-hydrogen) atoms. The molecule has 0 aromatic rings. The van der Waals surface area contributed by atoms with Crippen molar-refractivity contribution in [2.45, 2.75) is 30.6 Å². The Kier molecular flexibility index (Phi) is 9.26. The van der Waals surface area contributed by atoms with Gasteiger partial charge < -0.3 is 9.47 Å². The predicted octanol–water partition coefficient (Wildman–Crippen LogP) is 2.60. The molecule has 0 N–H and O–H groups in total. The fourth-order valence-corrected chi connectivity index (χ4v) is 1.11. The molecule has 0 fully saturated rings. The highest BCUT2D eigenvalue weighted by Gasteiger charge is 1.94. The Labute approximate surface area is 82.8 Å². The van der Waals surface area contributed by atoms with E-state index >= 15 is 0 Å². The van der Waals surface area contributed by atoms with Crippen molar-refractivity contribution in [1.82, 2.24) is 0 Å². The number of hydrogen-bond donors (Lipinski definition) is 0. The van der Waals surface area contributed by atoms with Crippen LogP contribution in [0.4, 0.5) is 0 Å². The van der Waals surface area contributed by atoms with E-state index in [1.165, 1.54) is 6.42 Å². The Morgan fingerprint density at radius 1 is 1.36 bits per heavy atom. The van der Waals surface area contributed by atoms with Gasteiger partial charge in [-0.05, 0) is 19.8 Å². The minimum absolute atomic E-state index is 0.451. The quantitative estimate of drug-likeness (QED) is 0.307. The molecular weight excluding hydrogens is 255 g/mol. The van der Waals surface area contributed by atoms with Gasteiger partial charge in [0.15, 0.2) is 0 Å². The molecule has 0 aromatic heterocycles. The summed E-state index contributed by atoms with van der Waals surface area (Å²) in [5, 5.41) is 0. The van der Waals surface area contributed by atoms with E-state index in [2.05, 4.69) is 29.5 Å². The molecule has 0 aliphatic rings. The molecule has 0 spiro atoms. The lowest BCUT2D eigenvalue weighted by Crippen LogP contribution is -2.02. The van der Waals surface area contributed by atoms with Crippen LogP contribution in [0.5, 0.6) is 0 Å². The average Bonchev–Trinajstić information content (AvgIpc) is 1.96. The van der Waals surface area contributed by atoms with Crippen LogP contribution in [0, 0.1) is 0 Å². The van der Waals surface area contributed by atoms with Gasteiger partial charge in [-0.1, -0.05) is 29.5 Å². The summed E-state index contributed by atoms with van der Waals surface area (Å²) in [6.45, 7) is 6.20. The lowest BCUT2D eigenvalue weighted by molar-refractivity contribution is -0.0500. The third-order valence-electron chi connectivity index (χ3n) is 1.26. The maximum Gasteiger partial charge on any atom is 0.146 e. The molecule has 3 heteroatoms. The van der Waals surface area contributed by atoms with Gasteiger partial charge in [0.1, 0.15) is 6.79 Å². The fourth-order valence-electron chi connectivity index (χ4n) is 0.668. The van der Waals surface area contributed by atoms with Gasteiger partial charge >= 0.3 is 0 Å². The number of rotatable bonds is 7. The van der Waals surface area contributed by atoms with Gasteiger partial charge in [0.25, 0.3) is 0 Å². The van der Waals surface area contributed by atoms with E-state index in [0.29, 0.717) is 6.79 Å². The Morgan fingerprint density at radius 2 is 2.09 bits per heavy atom. The first-order valence-corrected chi connectivity index (χ1v) is 5.31. The Hall–Kier alpha value is 0.650. The van der Waals surface area contributed by atoms with Crippen LogP contribution in [0.15, 0.2) is 0 Å². The normalized spacial score (nSPS) is 13.4. The van der Waals surface area contributed by atoms with Crippen LogP contribution < -0.4 is 0 Å². The molecule has 2 nitrogen and oxygen atoms in total. The van der Waals surface area contributed by atoms with E-state index in [4.69, 9.17) is 9.47 Å². The largest absolute Gasteiger partial charge is 0.356 e. The van der Waals surface area contributed by atoms with Crippen LogP contribution >= 0.6 is 22.6 Å². The minimum Gasteiger partial charge on any atom is -0.356 e. The zero-order chi connectivity index (χ0) is 8.53. The van der Waals surface area contributed by atoms with Crippen molar-refractivity contribution in [2.24, 2.45) is 0 Å². The highest BCUT2D eigenvalue weighted by molar-refractivity contribution is 14.1. The molecule has 0 saturated carbocycles. The lowest BCUT2D eigenvalue weighted by Gasteiger charge is -2.04. The summed E-state index contributed by atoms with van der Waals surface area (Å²) >= 11 is 2.42. The van der Waals surface area contributed by atoms with E-state index in [0.717, 1.165) is 23.6 Å². The van der Waals surface area contributed by atoms with Crippen LogP contribution in [0.1, 0.15) is 26.7 Å². The summed E-state index contributed by atoms with van der Waals surface area (Å²) < 4.78 is 11.0. The van der Waals surface area contributed by atoms with E-state index in [1.54, 1.807) is 0 Å². The summed E-state index contributed by atoms with van der Waals surface area (Å²) in [6, 6.07) is 0. The summed E-state index contributed by atoms with van der Waals surface area (Å²) in [4.78, 5) is 0. The molecule has 0 bridgehead atoms. The first kappa shape index (κ1) is 11.6. The van der Waals surface area contributed by atoms with Crippen LogP contribution in [0.3, 0.4) is 0 Å². The first-order chi connectivity index (χ1) is 5.27. The third kappa shape index (κ3) is 10.7. The highest BCUT2D eigenvalue weighted by atomic mass is 127. The topological polar surface area (TPSA) is 18.5 Å². The van der Waals surface area contributed by atoms with Crippen LogP contribution in [-0.2, 0) is 9.47 Å². The molecule has 0 saturated heterocycles. The summed E-state index contributed by atoms with van der Waals surface area (Å²) in [7, 11) is 0. The Morgan fingerprint density at radius 3 is 2.64 bits per heavy atom. The van der Waals surface area contributed by atoms with Gasteiger partial charge in [-0.15, -0.1) is 0 Å². The maximum atomic E-state index is 5.20. The number of ether oxygens (including phenoxy) is 2. The summed E-state index contributed by atoms with van der Waals surface area (Å²) in [5.74, 6) is 0. The van der Waals surface area contributed by atoms with Crippen molar-refractivity contribution in [2.75, 3.05) is 20.0 Å². The molecule has 0 radical (unpaired) electrons. The van der Waals surface area contributed by atoms with Crippen molar-refractivity contribution in [3.63, 3.8) is 0 Å². The molecule has 1 unspecified atom stereocenters. The van der Waals surface area contributed by atoms with Gasteiger partial charge in [-0.3, -0.25) is 0 Å². The number of halogens is 1. The third-order valence-corrected chi connectivity index (χ3v) is 1.88. The van der Waals surface area contributed by atoms with E-state index < -0.39 is 0 Å². The second-order valence-corrected chi connectivity index (χ2v) is 4.57. The average molecular weight is 272 g/mol. The van der Waals surface area contributed by atoms with Crippen LogP contribution in [0.25, 0.3) is 0 Å². The van der Waals surface area contributed by atoms with Crippen molar-refractivity contribution in [1.29, 1.82) is 0 Å². The lowest BCUT2D eigenvalue weighted by atomic mass is 10.3. The molecule has 68 valence electrons. The molecule has 0 heterocycles. The van der Waals surface area contributed by atoms with Gasteiger partial charge in [0.2, 0.25) is 0 Å². The van der Waals surface area contributed by atoms with Crippen LogP contribution in [0.2, 0.25) is 0 Å². The molecule has 0 aliphatic heterocycles. The fraction of sp³-hybridized carbons (Fsp3) is 1.00. The van der Waals surface area contributed by atoms with Gasteiger partial charge in [-0.2, -0.15) is 0 Å². The molecule has 1 atom stereocenters. The molecule has 0 aliphatic carbocycles. The first-order valence-electron chi connectivity index (χ1n) is 4.07. The molecule has 0 aromatic carbocycles. The number of hydrogen-bond acceptors (Lipinski definition) is 2. The molecular formula is C8H17IO2. The Bertz CT molecular complexity index is 76.5. The predicted molar refractivity (Wildman–Crippen MR) is 55.2 cm³/mol. The summed E-state index contributed by atoms with van der Waals surface area (Å²) in [5.41, 5.74) is 0. The van der Waals surface area contributed by atoms with Crippen molar-refractivity contribution >= 4 is 22.6 Å². The van der Waals surface area contributed by atoms with E-state index in [9.17, 15) is 0 Å². The van der Waals surface area contributed by atoms with Crippen molar-refractivity contribution in [3.8, 4) is 0 Å². The number of alkyl halides is 1. The minimum atomic E-state index is 0.451. The smallest absolute Gasteiger partial charge is 0.146 e. The monoisotopic (exact) mass is 272 g/mol. The van der Waals surface area contributed by atoms with Gasteiger partial charge in [0, 0.05) is 17.1 Å². The van der Waals surface area contributed by atoms with Crippen molar-refractivity contribution < 1.29 is 9.47 Å². The zero-order valence-corrected chi connectivity index (χ0v) is 9.46. The summed E-state index contributed by atoms with van der Waals surface area (Å²) in [6.07, 6.45) is 2.36. The van der Waals surface area contributed by atoms with Gasteiger partial charge in [-0.25, -0.2) is 0 Å². The zero-order valence-electron chi connectivity index (χ0n) is 7.31. The maximum absolute atomic E-state index is 5.20. The molecule has 0 amide bonds. The van der Waals surface area contributed by atoms with Crippen LogP contribution in [-0.4, -0.2) is 23.9 Å². The van der Waals surface area contributed by atoms with E-state index in [1.807, 2.05) is 6.92 Å². The Balaban J connectivity index is 2.80. The van der Waals surface area contributed by atoms with E-state index in [-0.39, 0.29) is 0 Å². The molecule has 0 rings (SSSR count). The SMILES string of the molecule is CCOCOCCCC(C)I. The van der Waals surface area contributed by atoms with Crippen molar-refractivity contribution in [3.05, 3.63) is 0 Å². The van der Waals surface area contributed by atoms with Gasteiger partial charge in [0.05, 0.1) is 0 Å². The second-order valence-electron chi connectivity index (χ2n) is 2.44. The second kappa shape index (κ2) is 8.74.